The summed E-state index contributed by atoms with van der Waals surface area (Å²) in [6, 6.07) is 1.70. The Labute approximate surface area is 130 Å². The van der Waals surface area contributed by atoms with Gasteiger partial charge in [0.15, 0.2) is 0 Å². The fourth-order valence-electron chi connectivity index (χ4n) is 1.61. The minimum Gasteiger partial charge on any atom is -0.383 e. The van der Waals surface area contributed by atoms with Crippen LogP contribution in [0.2, 0.25) is 10.0 Å². The molecule has 0 unspecified atom stereocenters. The largest absolute Gasteiger partial charge is 0.383 e. The van der Waals surface area contributed by atoms with Crippen LogP contribution in [-0.2, 0) is 4.74 Å². The predicted molar refractivity (Wildman–Crippen MR) is 86.3 cm³/mol. The molecule has 20 heavy (non-hydrogen) atoms. The van der Waals surface area contributed by atoms with Gasteiger partial charge in [0.05, 0.1) is 16.7 Å². The first-order valence-corrected chi connectivity index (χ1v) is 7.35. The lowest BCUT2D eigenvalue weighted by atomic mass is 10.4. The van der Waals surface area contributed by atoms with Crippen LogP contribution in [0, 0.1) is 0 Å². The average Bonchev–Trinajstić information content (AvgIpc) is 2.41. The second-order valence-electron chi connectivity index (χ2n) is 4.40. The van der Waals surface area contributed by atoms with Crippen LogP contribution in [0.15, 0.2) is 6.07 Å². The summed E-state index contributed by atoms with van der Waals surface area (Å²) >= 11 is 12.2. The standard InChI is InChI=1S/C13H22Cl2N4O/c1-4-16-12-10(14)9-11(15)13(18-12)17-5-6-19(2)7-8-20-3/h9H,4-8H2,1-3H3,(H2,16,17,18). The Morgan fingerprint density at radius 2 is 1.85 bits per heavy atom. The van der Waals surface area contributed by atoms with Gasteiger partial charge in [-0.2, -0.15) is 0 Å². The van der Waals surface area contributed by atoms with E-state index < -0.39 is 0 Å². The van der Waals surface area contributed by atoms with Gasteiger partial charge in [0.1, 0.15) is 11.6 Å². The monoisotopic (exact) mass is 320 g/mol. The van der Waals surface area contributed by atoms with Crippen LogP contribution in [0.4, 0.5) is 11.6 Å². The summed E-state index contributed by atoms with van der Waals surface area (Å²) in [6.45, 7) is 5.99. The number of halogens is 2. The average molecular weight is 321 g/mol. The molecule has 7 heteroatoms. The SMILES string of the molecule is CCNc1nc(NCCN(C)CCOC)c(Cl)cc1Cl. The molecule has 0 aliphatic heterocycles. The number of methoxy groups -OCH3 is 1. The maximum atomic E-state index is 6.13. The number of likely N-dealkylation sites (N-methyl/N-ethyl adjacent to an activating group) is 1. The van der Waals surface area contributed by atoms with E-state index in [1.54, 1.807) is 13.2 Å². The first-order valence-electron chi connectivity index (χ1n) is 6.59. The summed E-state index contributed by atoms with van der Waals surface area (Å²) in [7, 11) is 3.74. The number of nitrogens with zero attached hydrogens (tertiary/aromatic N) is 2. The van der Waals surface area contributed by atoms with Crippen molar-refractivity contribution >= 4 is 34.8 Å². The van der Waals surface area contributed by atoms with E-state index in [1.165, 1.54) is 0 Å². The quantitative estimate of drug-likeness (QED) is 0.732. The number of hydrogen-bond acceptors (Lipinski definition) is 5. The van der Waals surface area contributed by atoms with E-state index in [0.29, 0.717) is 21.7 Å². The first-order chi connectivity index (χ1) is 9.58. The van der Waals surface area contributed by atoms with Crippen molar-refractivity contribution < 1.29 is 4.74 Å². The van der Waals surface area contributed by atoms with E-state index >= 15 is 0 Å². The van der Waals surface area contributed by atoms with Crippen molar-refractivity contribution in [3.05, 3.63) is 16.1 Å². The molecule has 0 aliphatic rings. The molecule has 1 rings (SSSR count). The van der Waals surface area contributed by atoms with Gasteiger partial charge < -0.3 is 20.3 Å². The normalized spacial score (nSPS) is 10.9. The van der Waals surface area contributed by atoms with Gasteiger partial charge in [0.2, 0.25) is 0 Å². The Morgan fingerprint density at radius 3 is 2.45 bits per heavy atom. The van der Waals surface area contributed by atoms with Crippen LogP contribution in [0.1, 0.15) is 6.92 Å². The number of aromatic nitrogens is 1. The van der Waals surface area contributed by atoms with Gasteiger partial charge in [-0.25, -0.2) is 4.98 Å². The molecule has 2 N–H and O–H groups in total. The van der Waals surface area contributed by atoms with E-state index in [9.17, 15) is 0 Å². The van der Waals surface area contributed by atoms with Gasteiger partial charge in [-0.05, 0) is 20.0 Å². The molecule has 1 heterocycles. The van der Waals surface area contributed by atoms with Crippen LogP contribution in [0.25, 0.3) is 0 Å². The topological polar surface area (TPSA) is 49.4 Å². The molecule has 5 nitrogen and oxygen atoms in total. The minimum absolute atomic E-state index is 0.524. The molecule has 1 aromatic rings. The lowest BCUT2D eigenvalue weighted by molar-refractivity contribution is 0.163. The molecule has 1 aromatic heterocycles. The number of anilines is 2. The van der Waals surface area contributed by atoms with Crippen LogP contribution in [-0.4, -0.2) is 56.8 Å². The summed E-state index contributed by atoms with van der Waals surface area (Å²) in [5.41, 5.74) is 0. The highest BCUT2D eigenvalue weighted by atomic mass is 35.5. The number of nitrogens with one attached hydrogen (secondary N) is 2. The molecule has 114 valence electrons. The van der Waals surface area contributed by atoms with Crippen molar-refractivity contribution in [3.8, 4) is 0 Å². The first kappa shape index (κ1) is 17.3. The van der Waals surface area contributed by atoms with Crippen LogP contribution < -0.4 is 10.6 Å². The summed E-state index contributed by atoms with van der Waals surface area (Å²) in [5.74, 6) is 1.29. The van der Waals surface area contributed by atoms with E-state index in [-0.39, 0.29) is 0 Å². The zero-order valence-electron chi connectivity index (χ0n) is 12.2. The Kier molecular flexibility index (Phi) is 7.99. The predicted octanol–water partition coefficient (Wildman–Crippen LogP) is 2.81. The summed E-state index contributed by atoms with van der Waals surface area (Å²) in [4.78, 5) is 6.56. The van der Waals surface area contributed by atoms with Crippen molar-refractivity contribution in [1.82, 2.24) is 9.88 Å². The molecule has 0 saturated heterocycles. The fourth-order valence-corrected chi connectivity index (χ4v) is 2.10. The highest BCUT2D eigenvalue weighted by molar-refractivity contribution is 6.37. The van der Waals surface area contributed by atoms with Crippen molar-refractivity contribution in [1.29, 1.82) is 0 Å². The summed E-state index contributed by atoms with van der Waals surface area (Å²) < 4.78 is 5.03. The molecule has 0 aromatic carbocycles. The van der Waals surface area contributed by atoms with Crippen LogP contribution in [0.5, 0.6) is 0 Å². The highest BCUT2D eigenvalue weighted by Crippen LogP contribution is 2.28. The smallest absolute Gasteiger partial charge is 0.147 e. The molecule has 0 atom stereocenters. The maximum Gasteiger partial charge on any atom is 0.147 e. The zero-order valence-corrected chi connectivity index (χ0v) is 13.7. The molecule has 0 bridgehead atoms. The summed E-state index contributed by atoms with van der Waals surface area (Å²) in [5, 5.41) is 7.38. The second-order valence-corrected chi connectivity index (χ2v) is 5.22. The molecule has 0 amide bonds. The third-order valence-corrected chi connectivity index (χ3v) is 3.31. The Hall–Kier alpha value is -0.750. The van der Waals surface area contributed by atoms with E-state index in [4.69, 9.17) is 27.9 Å². The molecular weight excluding hydrogens is 299 g/mol. The van der Waals surface area contributed by atoms with Gasteiger partial charge in [0.25, 0.3) is 0 Å². The highest BCUT2D eigenvalue weighted by Gasteiger charge is 2.08. The number of pyridine rings is 1. The molecular formula is C13H22Cl2N4O. The van der Waals surface area contributed by atoms with E-state index in [1.807, 2.05) is 14.0 Å². The third-order valence-electron chi connectivity index (χ3n) is 2.74. The van der Waals surface area contributed by atoms with Crippen molar-refractivity contribution in [2.75, 3.05) is 57.6 Å². The lowest BCUT2D eigenvalue weighted by Crippen LogP contribution is -2.28. The Morgan fingerprint density at radius 1 is 1.20 bits per heavy atom. The number of rotatable bonds is 9. The van der Waals surface area contributed by atoms with Gasteiger partial charge in [-0.1, -0.05) is 23.2 Å². The van der Waals surface area contributed by atoms with Crippen molar-refractivity contribution in [2.24, 2.45) is 0 Å². The number of ether oxygens (including phenoxy) is 1. The summed E-state index contributed by atoms with van der Waals surface area (Å²) in [6.07, 6.45) is 0. The Balaban J connectivity index is 2.52. The van der Waals surface area contributed by atoms with Gasteiger partial charge in [-0.3, -0.25) is 0 Å². The van der Waals surface area contributed by atoms with E-state index in [0.717, 1.165) is 32.8 Å². The van der Waals surface area contributed by atoms with Crippen LogP contribution in [0.3, 0.4) is 0 Å². The number of hydrogen-bond donors (Lipinski definition) is 2. The molecule has 0 aliphatic carbocycles. The Bertz CT molecular complexity index is 418. The second kappa shape index (κ2) is 9.23. The fraction of sp³-hybridized carbons (Fsp3) is 0.615. The molecule has 0 fully saturated rings. The van der Waals surface area contributed by atoms with Gasteiger partial charge in [0, 0.05) is 33.3 Å². The zero-order chi connectivity index (χ0) is 15.0. The van der Waals surface area contributed by atoms with Gasteiger partial charge >= 0.3 is 0 Å². The van der Waals surface area contributed by atoms with Crippen LogP contribution >= 0.6 is 23.2 Å². The molecule has 0 saturated carbocycles. The maximum absolute atomic E-state index is 6.13. The molecule has 0 spiro atoms. The van der Waals surface area contributed by atoms with E-state index in [2.05, 4.69) is 20.5 Å². The third kappa shape index (κ3) is 5.71. The van der Waals surface area contributed by atoms with Crippen molar-refractivity contribution in [2.45, 2.75) is 6.92 Å². The van der Waals surface area contributed by atoms with Gasteiger partial charge in [-0.15, -0.1) is 0 Å². The van der Waals surface area contributed by atoms with Crippen molar-refractivity contribution in [3.63, 3.8) is 0 Å². The minimum atomic E-state index is 0.524. The lowest BCUT2D eigenvalue weighted by Gasteiger charge is -2.17. The molecule has 0 radical (unpaired) electrons.